The number of aliphatic hydroxyl groups is 1. The predicted octanol–water partition coefficient (Wildman–Crippen LogP) is -0.745. The summed E-state index contributed by atoms with van der Waals surface area (Å²) >= 11 is 4.88. The Morgan fingerprint density at radius 3 is 2.37 bits per heavy atom. The molecule has 0 radical (unpaired) electrons. The van der Waals surface area contributed by atoms with Crippen molar-refractivity contribution in [2.24, 2.45) is 0 Å². The van der Waals surface area contributed by atoms with Crippen LogP contribution in [0.15, 0.2) is 18.3 Å². The molecule has 1 aromatic heterocycles. The van der Waals surface area contributed by atoms with Crippen LogP contribution in [-0.4, -0.2) is 101 Å². The van der Waals surface area contributed by atoms with E-state index in [-0.39, 0.29) is 49.3 Å². The number of hydrogen-bond donors (Lipinski definition) is 3. The molecule has 2 heterocycles. The predicted molar refractivity (Wildman–Crippen MR) is 132 cm³/mol. The summed E-state index contributed by atoms with van der Waals surface area (Å²) in [6.07, 6.45) is 0.936. The van der Waals surface area contributed by atoms with Crippen molar-refractivity contribution in [3.8, 4) is 5.69 Å². The minimum atomic E-state index is -1.28. The Hall–Kier alpha value is -3.92. The van der Waals surface area contributed by atoms with Crippen LogP contribution >= 0.6 is 12.2 Å². The number of anilines is 1. The molecule has 2 amide bonds. The highest BCUT2D eigenvalue weighted by molar-refractivity contribution is 7.80. The number of carbonyl (C=O) groups is 3. The van der Waals surface area contributed by atoms with Gasteiger partial charge in [-0.05, 0) is 12.2 Å². The number of methoxy groups -OCH3 is 2. The van der Waals surface area contributed by atoms with Gasteiger partial charge in [-0.25, -0.2) is 18.3 Å². The first-order valence-corrected chi connectivity index (χ1v) is 11.8. The van der Waals surface area contributed by atoms with Gasteiger partial charge in [0.2, 0.25) is 11.8 Å². The number of benzene rings is 1. The molecule has 16 heteroatoms. The van der Waals surface area contributed by atoms with E-state index in [0.29, 0.717) is 5.69 Å². The summed E-state index contributed by atoms with van der Waals surface area (Å²) in [5, 5.41) is 22.2. The van der Waals surface area contributed by atoms with Crippen LogP contribution in [-0.2, 0) is 30.4 Å². The summed E-state index contributed by atoms with van der Waals surface area (Å²) < 4.78 is 40.5. The highest BCUT2D eigenvalue weighted by Gasteiger charge is 2.28. The van der Waals surface area contributed by atoms with Gasteiger partial charge >= 0.3 is 5.97 Å². The van der Waals surface area contributed by atoms with E-state index in [1.165, 1.54) is 27.8 Å². The van der Waals surface area contributed by atoms with Gasteiger partial charge in [0.05, 0.1) is 39.3 Å². The molecule has 38 heavy (non-hydrogen) atoms. The van der Waals surface area contributed by atoms with Crippen LogP contribution in [0.25, 0.3) is 5.69 Å². The highest BCUT2D eigenvalue weighted by atomic mass is 32.1. The van der Waals surface area contributed by atoms with Gasteiger partial charge in [-0.3, -0.25) is 9.59 Å². The monoisotopic (exact) mass is 555 g/mol. The largest absolute Gasteiger partial charge is 0.474 e. The fourth-order valence-electron chi connectivity index (χ4n) is 3.72. The third-order valence-corrected chi connectivity index (χ3v) is 5.98. The molecule has 1 saturated heterocycles. The molecular formula is C22H27F2N7O6S. The number of rotatable bonds is 9. The molecule has 0 unspecified atom stereocenters. The highest BCUT2D eigenvalue weighted by Crippen LogP contribution is 2.27. The Bertz CT molecular complexity index is 1170. The summed E-state index contributed by atoms with van der Waals surface area (Å²) in [5.74, 6) is -3.75. The van der Waals surface area contributed by atoms with Crippen molar-refractivity contribution < 1.29 is 37.7 Å². The van der Waals surface area contributed by atoms with Gasteiger partial charge in [0.25, 0.3) is 5.17 Å². The molecule has 0 spiro atoms. The van der Waals surface area contributed by atoms with E-state index in [2.05, 4.69) is 25.7 Å². The quantitative estimate of drug-likeness (QED) is 0.204. The molecule has 206 valence electrons. The first-order valence-electron chi connectivity index (χ1n) is 11.4. The number of carbonyl (C=O) groups excluding carboxylic acids is 3. The fourth-order valence-corrected chi connectivity index (χ4v) is 3.79. The summed E-state index contributed by atoms with van der Waals surface area (Å²) in [4.78, 5) is 38.9. The maximum absolute atomic E-state index is 15.0. The molecule has 0 saturated carbocycles. The Morgan fingerprint density at radius 2 is 1.79 bits per heavy atom. The minimum Gasteiger partial charge on any atom is -0.474 e. The summed E-state index contributed by atoms with van der Waals surface area (Å²) in [6.45, 7) is 0.0279. The van der Waals surface area contributed by atoms with Crippen molar-refractivity contribution >= 4 is 40.9 Å². The third kappa shape index (κ3) is 7.10. The molecule has 1 aromatic carbocycles. The molecule has 3 rings (SSSR count). The SMILES string of the molecule is COC(=O)[C@H](CO)NC(=O)CC(=O)N1CCN(c2c(F)cc(-n3cc(CNC(=S)OC)nn3)cc2F)CC1. The van der Waals surface area contributed by atoms with Crippen molar-refractivity contribution in [1.82, 2.24) is 30.5 Å². The maximum atomic E-state index is 15.0. The molecular weight excluding hydrogens is 528 g/mol. The smallest absolute Gasteiger partial charge is 0.330 e. The van der Waals surface area contributed by atoms with E-state index in [9.17, 15) is 28.3 Å². The van der Waals surface area contributed by atoms with Gasteiger partial charge in [-0.15, -0.1) is 5.10 Å². The molecule has 2 aromatic rings. The zero-order chi connectivity index (χ0) is 27.8. The van der Waals surface area contributed by atoms with Gasteiger partial charge in [-0.1, -0.05) is 5.21 Å². The Morgan fingerprint density at radius 1 is 1.13 bits per heavy atom. The number of nitrogens with one attached hydrogen (secondary N) is 2. The maximum Gasteiger partial charge on any atom is 0.330 e. The number of piperazine rings is 1. The van der Waals surface area contributed by atoms with Gasteiger partial charge in [0.15, 0.2) is 17.7 Å². The minimum absolute atomic E-state index is 0.121. The second kappa shape index (κ2) is 13.0. The second-order valence-corrected chi connectivity index (χ2v) is 8.50. The Balaban J connectivity index is 1.58. The number of ether oxygens (including phenoxy) is 2. The van der Waals surface area contributed by atoms with Gasteiger partial charge in [0.1, 0.15) is 17.8 Å². The summed E-state index contributed by atoms with van der Waals surface area (Å²) in [5.41, 5.74) is 0.362. The van der Waals surface area contributed by atoms with E-state index in [1.54, 1.807) is 0 Å². The van der Waals surface area contributed by atoms with Crippen LogP contribution in [0.2, 0.25) is 0 Å². The van der Waals surface area contributed by atoms with Gasteiger partial charge in [-0.2, -0.15) is 0 Å². The van der Waals surface area contributed by atoms with Crippen molar-refractivity contribution in [1.29, 1.82) is 0 Å². The molecule has 1 fully saturated rings. The van der Waals surface area contributed by atoms with E-state index in [0.717, 1.165) is 19.2 Å². The average molecular weight is 556 g/mol. The van der Waals surface area contributed by atoms with Crippen LogP contribution in [0.5, 0.6) is 0 Å². The second-order valence-electron chi connectivity index (χ2n) is 8.13. The fraction of sp³-hybridized carbons (Fsp3) is 0.455. The number of aliphatic hydroxyl groups excluding tert-OH is 1. The lowest BCUT2D eigenvalue weighted by molar-refractivity contribution is -0.147. The van der Waals surface area contributed by atoms with Crippen LogP contribution < -0.4 is 15.5 Å². The molecule has 1 aliphatic rings. The average Bonchev–Trinajstić information content (AvgIpc) is 3.39. The first kappa shape index (κ1) is 28.6. The molecule has 3 N–H and O–H groups in total. The summed E-state index contributed by atoms with van der Waals surface area (Å²) in [6, 6.07) is 0.982. The zero-order valence-electron chi connectivity index (χ0n) is 20.6. The van der Waals surface area contributed by atoms with Gasteiger partial charge < -0.3 is 35.0 Å². The zero-order valence-corrected chi connectivity index (χ0v) is 21.5. The van der Waals surface area contributed by atoms with E-state index >= 15 is 0 Å². The normalized spacial score (nSPS) is 14.0. The van der Waals surface area contributed by atoms with E-state index in [4.69, 9.17) is 17.0 Å². The lowest BCUT2D eigenvalue weighted by Crippen LogP contribution is -2.51. The molecule has 1 atom stereocenters. The van der Waals surface area contributed by atoms with Gasteiger partial charge in [0, 0.05) is 38.3 Å². The third-order valence-electron chi connectivity index (χ3n) is 5.67. The molecule has 0 aliphatic carbocycles. The number of aromatic nitrogens is 3. The van der Waals surface area contributed by atoms with E-state index in [1.807, 2.05) is 0 Å². The number of nitrogens with zero attached hydrogens (tertiary/aromatic N) is 5. The van der Waals surface area contributed by atoms with Crippen LogP contribution in [0.1, 0.15) is 12.1 Å². The number of hydrogen-bond acceptors (Lipinski definition) is 10. The van der Waals surface area contributed by atoms with Crippen molar-refractivity contribution in [3.05, 3.63) is 35.7 Å². The van der Waals surface area contributed by atoms with Crippen molar-refractivity contribution in [3.63, 3.8) is 0 Å². The topological polar surface area (TPSA) is 151 Å². The van der Waals surface area contributed by atoms with Crippen LogP contribution in [0.3, 0.4) is 0 Å². The number of thiocarbonyl (C=S) groups is 1. The summed E-state index contributed by atoms with van der Waals surface area (Å²) in [7, 11) is 2.52. The molecule has 1 aliphatic heterocycles. The molecule has 0 bridgehead atoms. The van der Waals surface area contributed by atoms with Crippen molar-refractivity contribution in [2.75, 3.05) is 51.9 Å². The van der Waals surface area contributed by atoms with Crippen LogP contribution in [0.4, 0.5) is 14.5 Å². The number of halogens is 2. The molecule has 13 nitrogen and oxygen atoms in total. The Labute approximate surface area is 221 Å². The van der Waals surface area contributed by atoms with Crippen molar-refractivity contribution in [2.45, 2.75) is 19.0 Å². The number of esters is 1. The Kier molecular flexibility index (Phi) is 9.84. The lowest BCUT2D eigenvalue weighted by Gasteiger charge is -2.36. The van der Waals surface area contributed by atoms with E-state index < -0.39 is 48.5 Å². The van der Waals surface area contributed by atoms with Crippen LogP contribution in [0, 0.1) is 11.6 Å². The first-order chi connectivity index (χ1) is 18.2. The lowest BCUT2D eigenvalue weighted by atomic mass is 10.2. The number of amides is 2. The standard InChI is InChI=1S/C22H27F2N7O6S/c1-36-21(35)17(12-32)26-18(33)9-19(34)29-3-5-30(6-4-29)20-15(23)7-14(8-16(20)24)31-11-13(27-28-31)10-25-22(38)37-2/h7-8,11,17,32H,3-6,9-10,12H2,1-2H3,(H,25,38)(H,26,33)/t17-/m0/s1.